The topological polar surface area (TPSA) is 78.4 Å². The average Bonchev–Trinajstić information content (AvgIpc) is 3.24. The molecule has 21 heavy (non-hydrogen) atoms. The van der Waals surface area contributed by atoms with Gasteiger partial charge >= 0.3 is 12.0 Å². The van der Waals surface area contributed by atoms with Crippen molar-refractivity contribution in [2.24, 2.45) is 17.3 Å². The van der Waals surface area contributed by atoms with E-state index in [1.54, 1.807) is 0 Å². The monoisotopic (exact) mass is 296 g/mol. The van der Waals surface area contributed by atoms with E-state index in [-0.39, 0.29) is 11.9 Å². The predicted molar refractivity (Wildman–Crippen MR) is 81.1 cm³/mol. The first-order valence-electron chi connectivity index (χ1n) is 8.29. The van der Waals surface area contributed by atoms with Crippen LogP contribution in [0.4, 0.5) is 4.79 Å². The molecule has 0 heterocycles. The summed E-state index contributed by atoms with van der Waals surface area (Å²) >= 11 is 0. The number of carbonyl (C=O) groups excluding carboxylic acids is 1. The van der Waals surface area contributed by atoms with Crippen LogP contribution in [0.25, 0.3) is 0 Å². The lowest BCUT2D eigenvalue weighted by molar-refractivity contribution is -0.143. The van der Waals surface area contributed by atoms with Crippen LogP contribution >= 0.6 is 0 Å². The molecule has 5 heteroatoms. The van der Waals surface area contributed by atoms with Crippen molar-refractivity contribution in [2.75, 3.05) is 13.1 Å². The summed E-state index contributed by atoms with van der Waals surface area (Å²) < 4.78 is 0. The summed E-state index contributed by atoms with van der Waals surface area (Å²) in [6.45, 7) is 3.64. The van der Waals surface area contributed by atoms with Gasteiger partial charge in [0.2, 0.25) is 0 Å². The molecular formula is C16H28N2O3. The lowest BCUT2D eigenvalue weighted by atomic mass is 9.82. The number of hydrogen-bond acceptors (Lipinski definition) is 2. The van der Waals surface area contributed by atoms with E-state index in [0.717, 1.165) is 32.2 Å². The number of nitrogens with one attached hydrogen (secondary N) is 2. The fraction of sp³-hybridized carbons (Fsp3) is 0.875. The van der Waals surface area contributed by atoms with Crippen LogP contribution in [0.5, 0.6) is 0 Å². The van der Waals surface area contributed by atoms with E-state index in [0.29, 0.717) is 17.9 Å². The first-order chi connectivity index (χ1) is 10.0. The minimum Gasteiger partial charge on any atom is -0.481 e. The SMILES string of the molecule is CCCC1(CNC(=O)NCC2CCC(C(=O)O)CC2)CC1. The smallest absolute Gasteiger partial charge is 0.314 e. The van der Waals surface area contributed by atoms with Gasteiger partial charge in [-0.05, 0) is 56.3 Å². The van der Waals surface area contributed by atoms with Gasteiger partial charge in [-0.25, -0.2) is 4.79 Å². The van der Waals surface area contributed by atoms with E-state index >= 15 is 0 Å². The maximum atomic E-state index is 11.8. The summed E-state index contributed by atoms with van der Waals surface area (Å²) in [5, 5.41) is 14.9. The first-order valence-corrected chi connectivity index (χ1v) is 8.29. The number of carbonyl (C=O) groups is 2. The third-order valence-electron chi connectivity index (χ3n) is 5.11. The number of carboxylic acid groups (broad SMARTS) is 1. The van der Waals surface area contributed by atoms with Crippen molar-refractivity contribution >= 4 is 12.0 Å². The maximum absolute atomic E-state index is 11.8. The Kier molecular flexibility index (Phi) is 5.48. The molecule has 0 aromatic rings. The van der Waals surface area contributed by atoms with Gasteiger partial charge in [-0.2, -0.15) is 0 Å². The highest BCUT2D eigenvalue weighted by molar-refractivity contribution is 5.74. The number of aliphatic carboxylic acids is 1. The van der Waals surface area contributed by atoms with Gasteiger partial charge in [0.1, 0.15) is 0 Å². The van der Waals surface area contributed by atoms with Crippen LogP contribution in [-0.4, -0.2) is 30.2 Å². The van der Waals surface area contributed by atoms with Gasteiger partial charge in [0.05, 0.1) is 5.92 Å². The second kappa shape index (κ2) is 7.14. The molecule has 2 saturated carbocycles. The molecule has 0 saturated heterocycles. The summed E-state index contributed by atoms with van der Waals surface area (Å²) in [6.07, 6.45) is 8.13. The maximum Gasteiger partial charge on any atom is 0.314 e. The molecular weight excluding hydrogens is 268 g/mol. The summed E-state index contributed by atoms with van der Waals surface area (Å²) in [7, 11) is 0. The van der Waals surface area contributed by atoms with Crippen LogP contribution < -0.4 is 10.6 Å². The van der Waals surface area contributed by atoms with E-state index in [1.807, 2.05) is 0 Å². The summed E-state index contributed by atoms with van der Waals surface area (Å²) in [5.41, 5.74) is 0.381. The molecule has 0 aromatic carbocycles. The van der Waals surface area contributed by atoms with E-state index < -0.39 is 5.97 Å². The number of hydrogen-bond donors (Lipinski definition) is 3. The Morgan fingerprint density at radius 2 is 1.81 bits per heavy atom. The van der Waals surface area contributed by atoms with Gasteiger partial charge in [-0.3, -0.25) is 4.79 Å². The van der Waals surface area contributed by atoms with Crippen molar-refractivity contribution in [1.29, 1.82) is 0 Å². The Morgan fingerprint density at radius 3 is 2.33 bits per heavy atom. The molecule has 2 aliphatic carbocycles. The first kappa shape index (κ1) is 16.1. The molecule has 0 atom stereocenters. The molecule has 2 amide bonds. The van der Waals surface area contributed by atoms with E-state index in [4.69, 9.17) is 5.11 Å². The van der Waals surface area contributed by atoms with Gasteiger partial charge in [-0.15, -0.1) is 0 Å². The summed E-state index contributed by atoms with van der Waals surface area (Å²) in [6, 6.07) is -0.0715. The average molecular weight is 296 g/mol. The van der Waals surface area contributed by atoms with Crippen LogP contribution in [0.3, 0.4) is 0 Å². The third-order valence-corrected chi connectivity index (χ3v) is 5.11. The van der Waals surface area contributed by atoms with Crippen molar-refractivity contribution in [3.05, 3.63) is 0 Å². The fourth-order valence-corrected chi connectivity index (χ4v) is 3.40. The number of urea groups is 1. The Bertz CT molecular complexity index is 372. The molecule has 2 rings (SSSR count). The standard InChI is InChI=1S/C16H28N2O3/c1-2-7-16(8-9-16)11-18-15(21)17-10-12-3-5-13(6-4-12)14(19)20/h12-13H,2-11H2,1H3,(H,19,20)(H2,17,18,21). The van der Waals surface area contributed by atoms with Gasteiger partial charge < -0.3 is 15.7 Å². The van der Waals surface area contributed by atoms with E-state index in [2.05, 4.69) is 17.6 Å². The quantitative estimate of drug-likeness (QED) is 0.676. The molecule has 2 fully saturated rings. The van der Waals surface area contributed by atoms with Crippen molar-refractivity contribution in [3.63, 3.8) is 0 Å². The second-order valence-corrected chi connectivity index (χ2v) is 6.87. The fourth-order valence-electron chi connectivity index (χ4n) is 3.40. The van der Waals surface area contributed by atoms with Crippen molar-refractivity contribution in [3.8, 4) is 0 Å². The van der Waals surface area contributed by atoms with Crippen LogP contribution in [-0.2, 0) is 4.79 Å². The largest absolute Gasteiger partial charge is 0.481 e. The normalized spacial score (nSPS) is 26.9. The molecule has 0 spiro atoms. The lowest BCUT2D eigenvalue weighted by Crippen LogP contribution is -2.41. The molecule has 0 aromatic heterocycles. The number of rotatable bonds is 7. The highest BCUT2D eigenvalue weighted by Gasteiger charge is 2.41. The van der Waals surface area contributed by atoms with Crippen LogP contribution in [0, 0.1) is 17.3 Å². The molecule has 0 unspecified atom stereocenters. The second-order valence-electron chi connectivity index (χ2n) is 6.87. The number of amides is 2. The number of carboxylic acids is 1. The van der Waals surface area contributed by atoms with Crippen molar-refractivity contribution < 1.29 is 14.7 Å². The third kappa shape index (κ3) is 4.90. The zero-order valence-corrected chi connectivity index (χ0v) is 13.0. The minimum absolute atomic E-state index is 0.0715. The summed E-state index contributed by atoms with van der Waals surface area (Å²) in [5.74, 6) is -0.430. The van der Waals surface area contributed by atoms with Gasteiger partial charge in [0.25, 0.3) is 0 Å². The van der Waals surface area contributed by atoms with Crippen LogP contribution in [0.2, 0.25) is 0 Å². The highest BCUT2D eigenvalue weighted by Crippen LogP contribution is 2.48. The lowest BCUT2D eigenvalue weighted by Gasteiger charge is -2.26. The van der Waals surface area contributed by atoms with Gasteiger partial charge in [0, 0.05) is 13.1 Å². The van der Waals surface area contributed by atoms with E-state index in [9.17, 15) is 9.59 Å². The molecule has 0 bridgehead atoms. The molecule has 0 aliphatic heterocycles. The minimum atomic E-state index is -0.676. The van der Waals surface area contributed by atoms with Crippen LogP contribution in [0.1, 0.15) is 58.3 Å². The Morgan fingerprint density at radius 1 is 1.14 bits per heavy atom. The molecule has 2 aliphatic rings. The van der Waals surface area contributed by atoms with Gasteiger partial charge in [0.15, 0.2) is 0 Å². The Hall–Kier alpha value is -1.26. The van der Waals surface area contributed by atoms with Crippen LogP contribution in [0.15, 0.2) is 0 Å². The zero-order valence-electron chi connectivity index (χ0n) is 13.0. The highest BCUT2D eigenvalue weighted by atomic mass is 16.4. The molecule has 0 radical (unpaired) electrons. The van der Waals surface area contributed by atoms with E-state index in [1.165, 1.54) is 25.7 Å². The van der Waals surface area contributed by atoms with Gasteiger partial charge in [-0.1, -0.05) is 13.3 Å². The Balaban J connectivity index is 1.58. The summed E-state index contributed by atoms with van der Waals surface area (Å²) in [4.78, 5) is 22.7. The molecule has 5 nitrogen and oxygen atoms in total. The predicted octanol–water partition coefficient (Wildman–Crippen LogP) is 2.76. The van der Waals surface area contributed by atoms with Crippen molar-refractivity contribution in [2.45, 2.75) is 58.3 Å². The van der Waals surface area contributed by atoms with Crippen molar-refractivity contribution in [1.82, 2.24) is 10.6 Å². The molecule has 3 N–H and O–H groups in total. The molecule has 120 valence electrons. The Labute approximate surface area is 126 Å². The zero-order chi connectivity index (χ0) is 15.3.